The summed E-state index contributed by atoms with van der Waals surface area (Å²) in [5, 5.41) is 50.0. The second-order valence-electron chi connectivity index (χ2n) is 4.74. The monoisotopic (exact) mass is 286 g/mol. The number of quaternary nitrogens is 1. The molecule has 0 radical (unpaired) electrons. The van der Waals surface area contributed by atoms with Crippen LogP contribution in [0.3, 0.4) is 0 Å². The van der Waals surface area contributed by atoms with E-state index >= 15 is 0 Å². The molecule has 6 N–H and O–H groups in total. The van der Waals surface area contributed by atoms with E-state index in [9.17, 15) is 15.4 Å². The van der Waals surface area contributed by atoms with E-state index in [-0.39, 0.29) is 5.69 Å². The molecule has 1 aromatic rings. The van der Waals surface area contributed by atoms with Crippen LogP contribution in [0.25, 0.3) is 0 Å². The molecule has 0 amide bonds. The average Bonchev–Trinajstić information content (AvgIpc) is 2.68. The molecule has 112 valence electrons. The van der Waals surface area contributed by atoms with Gasteiger partial charge in [0.15, 0.2) is 11.9 Å². The van der Waals surface area contributed by atoms with Gasteiger partial charge in [0.05, 0.1) is 6.61 Å². The van der Waals surface area contributed by atoms with Crippen molar-refractivity contribution >= 4 is 11.4 Å². The maximum atomic E-state index is 10.8. The number of aliphatic hydroxyl groups is 3. The molecule has 0 spiro atoms. The number of ether oxygens (including phenoxy) is 1. The summed E-state index contributed by atoms with van der Waals surface area (Å²) < 4.78 is 5.29. The molecule has 0 aliphatic carbocycles. The number of nitrogens with one attached hydrogen (secondary N) is 2. The summed E-state index contributed by atoms with van der Waals surface area (Å²) in [4.78, 5) is 0. The van der Waals surface area contributed by atoms with E-state index in [1.54, 1.807) is 13.0 Å². The number of hydrogen-bond acceptors (Lipinski definition) is 7. The van der Waals surface area contributed by atoms with Crippen LogP contribution in [0.1, 0.15) is 5.56 Å². The number of anilines is 1. The molecule has 0 saturated carbocycles. The van der Waals surface area contributed by atoms with Crippen LogP contribution in [0.5, 0.6) is 0 Å². The first-order chi connectivity index (χ1) is 9.43. The zero-order valence-electron chi connectivity index (χ0n) is 10.9. The first-order valence-corrected chi connectivity index (χ1v) is 6.17. The largest absolute Gasteiger partial charge is 0.595 e. The van der Waals surface area contributed by atoms with Gasteiger partial charge in [-0.05, 0) is 18.6 Å². The third kappa shape index (κ3) is 2.91. The van der Waals surface area contributed by atoms with Gasteiger partial charge in [-0.1, -0.05) is 0 Å². The van der Waals surface area contributed by atoms with Crippen molar-refractivity contribution in [2.45, 2.75) is 31.5 Å². The Morgan fingerprint density at radius 3 is 2.55 bits per heavy atom. The van der Waals surface area contributed by atoms with Gasteiger partial charge in [-0.2, -0.15) is 5.23 Å². The van der Waals surface area contributed by atoms with Gasteiger partial charge in [0.25, 0.3) is 0 Å². The minimum atomic E-state index is -1.18. The zero-order valence-corrected chi connectivity index (χ0v) is 10.9. The number of aliphatic hydroxyl groups excluding tert-OH is 3. The summed E-state index contributed by atoms with van der Waals surface area (Å²) in [6.07, 6.45) is -4.06. The summed E-state index contributed by atoms with van der Waals surface area (Å²) in [7, 11) is 0. The molecule has 0 bridgehead atoms. The maximum absolute atomic E-state index is 10.8. The lowest BCUT2D eigenvalue weighted by molar-refractivity contribution is -0.991. The van der Waals surface area contributed by atoms with Gasteiger partial charge >= 0.3 is 0 Å². The molecule has 8 heteroatoms. The Labute approximate surface area is 115 Å². The third-order valence-electron chi connectivity index (χ3n) is 3.31. The quantitative estimate of drug-likeness (QED) is 0.362. The highest BCUT2D eigenvalue weighted by Crippen LogP contribution is 2.25. The van der Waals surface area contributed by atoms with E-state index in [0.717, 1.165) is 0 Å². The van der Waals surface area contributed by atoms with Gasteiger partial charge < -0.3 is 30.6 Å². The van der Waals surface area contributed by atoms with E-state index in [4.69, 9.17) is 15.1 Å². The molecular weight excluding hydrogens is 268 g/mol. The molecule has 8 nitrogen and oxygen atoms in total. The van der Waals surface area contributed by atoms with E-state index in [2.05, 4.69) is 5.32 Å². The SMILES string of the molecule is Cc1cc([NH+]([O-])O)ccc1NC1OC(CO)C(O)C1O. The fourth-order valence-electron chi connectivity index (χ4n) is 2.13. The molecule has 5 unspecified atom stereocenters. The lowest BCUT2D eigenvalue weighted by atomic mass is 10.1. The normalized spacial score (nSPS) is 31.3. The zero-order chi connectivity index (χ0) is 14.9. The van der Waals surface area contributed by atoms with Crippen LogP contribution in [-0.4, -0.2) is 51.7 Å². The molecule has 2 rings (SSSR count). The molecule has 5 atom stereocenters. The molecule has 1 aromatic carbocycles. The van der Waals surface area contributed by atoms with Crippen LogP contribution in [0.4, 0.5) is 11.4 Å². The van der Waals surface area contributed by atoms with Crippen molar-refractivity contribution in [3.05, 3.63) is 29.0 Å². The van der Waals surface area contributed by atoms with Crippen molar-refractivity contribution in [1.82, 2.24) is 0 Å². The second-order valence-corrected chi connectivity index (χ2v) is 4.74. The van der Waals surface area contributed by atoms with Crippen LogP contribution in [0, 0.1) is 12.1 Å². The molecule has 1 fully saturated rings. The van der Waals surface area contributed by atoms with E-state index in [0.29, 0.717) is 11.3 Å². The van der Waals surface area contributed by atoms with E-state index in [1.165, 1.54) is 12.1 Å². The smallest absolute Gasteiger partial charge is 0.164 e. The molecule has 20 heavy (non-hydrogen) atoms. The van der Waals surface area contributed by atoms with Crippen LogP contribution in [0.2, 0.25) is 0 Å². The van der Waals surface area contributed by atoms with Crippen molar-refractivity contribution in [1.29, 1.82) is 0 Å². The Balaban J connectivity index is 2.11. The van der Waals surface area contributed by atoms with Crippen molar-refractivity contribution in [2.24, 2.45) is 0 Å². The molecular formula is C12H18N2O6. The number of hydrogen-bond donors (Lipinski definition) is 6. The Morgan fingerprint density at radius 1 is 1.35 bits per heavy atom. The highest BCUT2D eigenvalue weighted by Gasteiger charge is 2.42. The van der Waals surface area contributed by atoms with Crippen LogP contribution in [0.15, 0.2) is 18.2 Å². The minimum Gasteiger partial charge on any atom is -0.595 e. The first-order valence-electron chi connectivity index (χ1n) is 6.17. The molecule has 1 saturated heterocycles. The lowest BCUT2D eigenvalue weighted by Gasteiger charge is -2.20. The Morgan fingerprint density at radius 2 is 2.05 bits per heavy atom. The summed E-state index contributed by atoms with van der Waals surface area (Å²) in [5.41, 5.74) is 1.42. The Bertz CT molecular complexity index is 469. The van der Waals surface area contributed by atoms with Crippen molar-refractivity contribution in [3.8, 4) is 0 Å². The molecule has 1 aliphatic rings. The van der Waals surface area contributed by atoms with Gasteiger partial charge in [0.2, 0.25) is 0 Å². The van der Waals surface area contributed by atoms with Gasteiger partial charge in [-0.3, -0.25) is 0 Å². The van der Waals surface area contributed by atoms with Crippen molar-refractivity contribution in [2.75, 3.05) is 11.9 Å². The Hall–Kier alpha value is -1.26. The van der Waals surface area contributed by atoms with E-state index in [1.807, 2.05) is 0 Å². The molecule has 0 aromatic heterocycles. The lowest BCUT2D eigenvalue weighted by Crippen LogP contribution is -2.99. The number of rotatable bonds is 4. The van der Waals surface area contributed by atoms with Gasteiger partial charge in [-0.25, -0.2) is 5.21 Å². The van der Waals surface area contributed by atoms with Gasteiger partial charge in [-0.15, -0.1) is 0 Å². The topological polar surface area (TPSA) is 130 Å². The highest BCUT2D eigenvalue weighted by molar-refractivity contribution is 5.55. The van der Waals surface area contributed by atoms with Crippen LogP contribution < -0.4 is 10.5 Å². The summed E-state index contributed by atoms with van der Waals surface area (Å²) >= 11 is 0. The van der Waals surface area contributed by atoms with Crippen molar-refractivity contribution in [3.63, 3.8) is 0 Å². The standard InChI is InChI=1S/C12H18N2O6/c1-6-4-7(14(18)19)2-3-8(6)13-12-11(17)10(16)9(5-15)20-12/h2-4,9-18H,5H2,1H3. The minimum absolute atomic E-state index is 0.161. The number of aryl methyl sites for hydroxylation is 1. The second kappa shape index (κ2) is 6.02. The predicted molar refractivity (Wildman–Crippen MR) is 68.3 cm³/mol. The fourth-order valence-corrected chi connectivity index (χ4v) is 2.13. The van der Waals surface area contributed by atoms with Gasteiger partial charge in [0.1, 0.15) is 18.3 Å². The molecule has 1 heterocycles. The number of benzene rings is 1. The average molecular weight is 286 g/mol. The third-order valence-corrected chi connectivity index (χ3v) is 3.31. The predicted octanol–water partition coefficient (Wildman–Crippen LogP) is -1.75. The maximum Gasteiger partial charge on any atom is 0.164 e. The summed E-state index contributed by atoms with van der Waals surface area (Å²) in [6, 6.07) is 4.48. The highest BCUT2D eigenvalue weighted by atomic mass is 16.8. The fraction of sp³-hybridized carbons (Fsp3) is 0.500. The Kier molecular flexibility index (Phi) is 4.55. The molecule has 1 aliphatic heterocycles. The summed E-state index contributed by atoms with van der Waals surface area (Å²) in [5.74, 6) is 0. The van der Waals surface area contributed by atoms with Gasteiger partial charge in [0, 0.05) is 17.8 Å². The van der Waals surface area contributed by atoms with Crippen LogP contribution >= 0.6 is 0 Å². The van der Waals surface area contributed by atoms with Crippen LogP contribution in [-0.2, 0) is 4.74 Å². The van der Waals surface area contributed by atoms with Crippen molar-refractivity contribution < 1.29 is 30.5 Å². The summed E-state index contributed by atoms with van der Waals surface area (Å²) in [6.45, 7) is 1.32. The van der Waals surface area contributed by atoms with E-state index < -0.39 is 36.4 Å². The first kappa shape index (κ1) is 15.1.